The molecule has 0 saturated carbocycles. The fraction of sp³-hybridized carbons (Fsp3) is 1.00. The second-order valence-electron chi connectivity index (χ2n) is 10.4. The van der Waals surface area contributed by atoms with Crippen LogP contribution in [0.3, 0.4) is 0 Å². The molecular weight excluding hydrogens is 294 g/mol. The van der Waals surface area contributed by atoms with Gasteiger partial charge in [-0.15, -0.1) is 0 Å². The highest BCUT2D eigenvalue weighted by atomic mass is 28.3. The number of hydrogen-bond donors (Lipinski definition) is 1. The van der Waals surface area contributed by atoms with E-state index in [-0.39, 0.29) is 5.54 Å². The first-order chi connectivity index (χ1) is 10.5. The average Bonchev–Trinajstić information content (AvgIpc) is 2.38. The third-order valence-electron chi connectivity index (χ3n) is 4.98. The van der Waals surface area contributed by atoms with E-state index in [4.69, 9.17) is 5.73 Å². The van der Waals surface area contributed by atoms with Gasteiger partial charge in [-0.05, 0) is 31.1 Å². The van der Waals surface area contributed by atoms with Crippen LogP contribution in [0.15, 0.2) is 0 Å². The van der Waals surface area contributed by atoms with Gasteiger partial charge in [-0.1, -0.05) is 98.3 Å². The summed E-state index contributed by atoms with van der Waals surface area (Å²) >= 11 is 0. The van der Waals surface area contributed by atoms with E-state index < -0.39 is 8.07 Å². The summed E-state index contributed by atoms with van der Waals surface area (Å²) in [5.41, 5.74) is 7.43. The third-order valence-corrected chi connectivity index (χ3v) is 6.83. The van der Waals surface area contributed by atoms with Crippen LogP contribution < -0.4 is 5.73 Å². The summed E-state index contributed by atoms with van der Waals surface area (Å²) in [6, 6.07) is 1.46. The fourth-order valence-electron chi connectivity index (χ4n) is 3.38. The molecule has 2 N–H and O–H groups in total. The van der Waals surface area contributed by atoms with Crippen LogP contribution >= 0.6 is 0 Å². The van der Waals surface area contributed by atoms with Crippen molar-refractivity contribution in [2.75, 3.05) is 0 Å². The van der Waals surface area contributed by atoms with E-state index in [9.17, 15) is 0 Å². The van der Waals surface area contributed by atoms with Crippen molar-refractivity contribution < 1.29 is 0 Å². The van der Waals surface area contributed by atoms with Gasteiger partial charge in [0.2, 0.25) is 0 Å². The molecule has 1 atom stereocenters. The van der Waals surface area contributed by atoms with Crippen molar-refractivity contribution in [1.29, 1.82) is 0 Å². The minimum absolute atomic E-state index is 0.110. The summed E-state index contributed by atoms with van der Waals surface area (Å²) in [4.78, 5) is 0. The van der Waals surface area contributed by atoms with Crippen molar-refractivity contribution in [1.82, 2.24) is 0 Å². The molecule has 2 heteroatoms. The van der Waals surface area contributed by atoms with Crippen molar-refractivity contribution in [2.24, 2.45) is 11.1 Å². The molecule has 0 saturated heterocycles. The van der Waals surface area contributed by atoms with E-state index in [0.717, 1.165) is 0 Å². The molecule has 0 spiro atoms. The van der Waals surface area contributed by atoms with Crippen molar-refractivity contribution in [3.63, 3.8) is 0 Å². The molecule has 0 aliphatic heterocycles. The van der Waals surface area contributed by atoms with Crippen LogP contribution in [0, 0.1) is 5.41 Å². The van der Waals surface area contributed by atoms with Crippen molar-refractivity contribution in [3.05, 3.63) is 0 Å². The van der Waals surface area contributed by atoms with Gasteiger partial charge in [0, 0.05) is 13.6 Å². The van der Waals surface area contributed by atoms with E-state index in [0.29, 0.717) is 5.41 Å². The van der Waals surface area contributed by atoms with Gasteiger partial charge in [-0.2, -0.15) is 0 Å². The highest BCUT2D eigenvalue weighted by molar-refractivity contribution is 6.76. The molecule has 0 fully saturated rings. The first-order valence-corrected chi connectivity index (χ1v) is 14.0. The van der Waals surface area contributed by atoms with Gasteiger partial charge in [0.15, 0.2) is 0 Å². The Kier molecular flexibility index (Phi) is 11.0. The second kappa shape index (κ2) is 10.9. The van der Waals surface area contributed by atoms with Crippen molar-refractivity contribution in [3.8, 4) is 0 Å². The smallest absolute Gasteiger partial charge is 0.0442 e. The summed E-state index contributed by atoms with van der Waals surface area (Å²) in [6.45, 7) is 16.8. The zero-order valence-corrected chi connectivity index (χ0v) is 18.6. The predicted octanol–water partition coefficient (Wildman–Crippen LogP) is 7.38. The Morgan fingerprint density at radius 2 is 1.22 bits per heavy atom. The Bertz CT molecular complexity index is 287. The molecule has 0 aromatic heterocycles. The molecule has 0 amide bonds. The second-order valence-corrected chi connectivity index (χ2v) is 16.0. The summed E-state index contributed by atoms with van der Waals surface area (Å²) in [7, 11) is -0.881. The molecule has 0 rings (SSSR count). The van der Waals surface area contributed by atoms with Crippen LogP contribution in [-0.4, -0.2) is 13.6 Å². The van der Waals surface area contributed by atoms with Gasteiger partial charge in [-0.3, -0.25) is 0 Å². The molecule has 0 aliphatic carbocycles. The topological polar surface area (TPSA) is 26.0 Å². The van der Waals surface area contributed by atoms with Gasteiger partial charge in [0.1, 0.15) is 0 Å². The van der Waals surface area contributed by atoms with Gasteiger partial charge in [0.25, 0.3) is 0 Å². The summed E-state index contributed by atoms with van der Waals surface area (Å²) in [5, 5.41) is 0. The monoisotopic (exact) mass is 341 g/mol. The van der Waals surface area contributed by atoms with Crippen LogP contribution in [0.1, 0.15) is 98.3 Å². The SMILES string of the molecule is CCCCCCC(N)(CCCC[Si](C)(C)C)CCCC(C)(C)C. The Balaban J connectivity index is 4.29. The van der Waals surface area contributed by atoms with Crippen molar-refractivity contribution in [2.45, 2.75) is 130 Å². The minimum atomic E-state index is -0.881. The molecular formula is C21H47NSi. The van der Waals surface area contributed by atoms with Crippen molar-refractivity contribution >= 4 is 8.07 Å². The maximum absolute atomic E-state index is 6.87. The lowest BCUT2D eigenvalue weighted by Crippen LogP contribution is -2.40. The number of rotatable bonds is 13. The van der Waals surface area contributed by atoms with Crippen LogP contribution in [0.2, 0.25) is 25.7 Å². The number of unbranched alkanes of at least 4 members (excludes halogenated alkanes) is 4. The Hall–Kier alpha value is 0.177. The minimum Gasteiger partial charge on any atom is -0.325 e. The van der Waals surface area contributed by atoms with Crippen LogP contribution in [0.5, 0.6) is 0 Å². The predicted molar refractivity (Wildman–Crippen MR) is 111 cm³/mol. The summed E-state index contributed by atoms with van der Waals surface area (Å²) in [6.07, 6.45) is 14.4. The first kappa shape index (κ1) is 23.2. The average molecular weight is 342 g/mol. The molecule has 0 bridgehead atoms. The fourth-order valence-corrected chi connectivity index (χ4v) is 4.69. The van der Waals surface area contributed by atoms with Crippen LogP contribution in [-0.2, 0) is 0 Å². The lowest BCUT2D eigenvalue weighted by Gasteiger charge is -2.31. The van der Waals surface area contributed by atoms with E-state index in [1.54, 1.807) is 0 Å². The molecule has 1 nitrogen and oxygen atoms in total. The lowest BCUT2D eigenvalue weighted by molar-refractivity contribution is 0.278. The first-order valence-electron chi connectivity index (χ1n) is 10.3. The molecule has 0 aliphatic rings. The largest absolute Gasteiger partial charge is 0.325 e. The molecule has 0 radical (unpaired) electrons. The zero-order chi connectivity index (χ0) is 18.0. The molecule has 0 aromatic carbocycles. The Morgan fingerprint density at radius 3 is 1.70 bits per heavy atom. The van der Waals surface area contributed by atoms with Gasteiger partial charge < -0.3 is 5.73 Å². The normalized spacial score (nSPS) is 15.7. The van der Waals surface area contributed by atoms with Gasteiger partial charge in [0.05, 0.1) is 0 Å². The van der Waals surface area contributed by atoms with Gasteiger partial charge in [-0.25, -0.2) is 0 Å². The summed E-state index contributed by atoms with van der Waals surface area (Å²) in [5.74, 6) is 0. The third kappa shape index (κ3) is 15.4. The van der Waals surface area contributed by atoms with Gasteiger partial charge >= 0.3 is 0 Å². The van der Waals surface area contributed by atoms with E-state index in [2.05, 4.69) is 47.3 Å². The number of nitrogens with two attached hydrogens (primary N) is 1. The summed E-state index contributed by atoms with van der Waals surface area (Å²) < 4.78 is 0. The van der Waals surface area contributed by atoms with Crippen LogP contribution in [0.4, 0.5) is 0 Å². The maximum atomic E-state index is 6.87. The maximum Gasteiger partial charge on any atom is 0.0442 e. The highest BCUT2D eigenvalue weighted by Crippen LogP contribution is 2.30. The van der Waals surface area contributed by atoms with Crippen LogP contribution in [0.25, 0.3) is 0 Å². The Labute approximate surface area is 149 Å². The Morgan fingerprint density at radius 1 is 0.696 bits per heavy atom. The zero-order valence-electron chi connectivity index (χ0n) is 17.6. The quantitative estimate of drug-likeness (QED) is 0.274. The lowest BCUT2D eigenvalue weighted by atomic mass is 9.80. The molecule has 0 aromatic rings. The molecule has 140 valence electrons. The van der Waals surface area contributed by atoms with E-state index in [1.165, 1.54) is 76.7 Å². The number of hydrogen-bond acceptors (Lipinski definition) is 1. The highest BCUT2D eigenvalue weighted by Gasteiger charge is 2.25. The van der Waals surface area contributed by atoms with E-state index in [1.807, 2.05) is 0 Å². The molecule has 1 unspecified atom stereocenters. The standard InChI is InChI=1S/C21H47NSi/c1-8-9-10-11-16-21(22,18-14-15-20(2,3)4)17-12-13-19-23(5,6)7/h8-19,22H2,1-7H3. The molecule has 23 heavy (non-hydrogen) atoms. The molecule has 0 heterocycles. The van der Waals surface area contributed by atoms with E-state index >= 15 is 0 Å².